The van der Waals surface area contributed by atoms with E-state index in [1.165, 1.54) is 12.8 Å². The Morgan fingerprint density at radius 1 is 1.09 bits per heavy atom. The molecule has 5 heteroatoms. The van der Waals surface area contributed by atoms with Crippen LogP contribution in [-0.4, -0.2) is 67.9 Å². The normalized spacial score (nSPS) is 34.5. The molecule has 0 aromatic carbocycles. The van der Waals surface area contributed by atoms with Gasteiger partial charge < -0.3 is 19.3 Å². The van der Waals surface area contributed by atoms with Crippen molar-refractivity contribution in [2.75, 3.05) is 46.0 Å². The van der Waals surface area contributed by atoms with Gasteiger partial charge in [0.05, 0.1) is 12.7 Å². The molecule has 3 saturated heterocycles. The first-order chi connectivity index (χ1) is 11.3. The molecule has 4 aliphatic rings. The highest BCUT2D eigenvalue weighted by molar-refractivity contribution is 5.75. The minimum Gasteiger partial charge on any atom is -0.380 e. The van der Waals surface area contributed by atoms with Crippen LogP contribution in [0.1, 0.15) is 44.9 Å². The summed E-state index contributed by atoms with van der Waals surface area (Å²) in [6.07, 6.45) is 8.42. The second kappa shape index (κ2) is 6.60. The zero-order chi connectivity index (χ0) is 15.7. The summed E-state index contributed by atoms with van der Waals surface area (Å²) in [6, 6.07) is 0.244. The van der Waals surface area contributed by atoms with E-state index in [0.717, 1.165) is 84.0 Å². The average molecular weight is 322 g/mol. The summed E-state index contributed by atoms with van der Waals surface area (Å²) in [4.78, 5) is 16.9. The van der Waals surface area contributed by atoms with E-state index >= 15 is 0 Å². The van der Waals surface area contributed by atoms with Crippen molar-refractivity contribution in [2.24, 2.45) is 11.3 Å². The molecule has 1 aliphatic carbocycles. The second-order valence-electron chi connectivity index (χ2n) is 7.97. The van der Waals surface area contributed by atoms with Crippen molar-refractivity contribution in [3.05, 3.63) is 0 Å². The van der Waals surface area contributed by atoms with Crippen LogP contribution in [0.2, 0.25) is 0 Å². The molecule has 5 nitrogen and oxygen atoms in total. The van der Waals surface area contributed by atoms with Crippen LogP contribution in [0.4, 0.5) is 4.79 Å². The largest absolute Gasteiger partial charge is 0.380 e. The highest BCUT2D eigenvalue weighted by atomic mass is 16.5. The molecule has 2 unspecified atom stereocenters. The Kier molecular flexibility index (Phi) is 4.50. The van der Waals surface area contributed by atoms with Gasteiger partial charge in [0.15, 0.2) is 0 Å². The van der Waals surface area contributed by atoms with Gasteiger partial charge in [-0.05, 0) is 50.9 Å². The Morgan fingerprint density at radius 3 is 2.70 bits per heavy atom. The first-order valence-electron chi connectivity index (χ1n) is 9.50. The summed E-state index contributed by atoms with van der Waals surface area (Å²) in [5.41, 5.74) is 0.0285. The van der Waals surface area contributed by atoms with Crippen molar-refractivity contribution in [1.82, 2.24) is 9.80 Å². The van der Waals surface area contributed by atoms with Gasteiger partial charge in [0, 0.05) is 44.8 Å². The van der Waals surface area contributed by atoms with Crippen molar-refractivity contribution < 1.29 is 14.3 Å². The van der Waals surface area contributed by atoms with Gasteiger partial charge in [-0.1, -0.05) is 0 Å². The highest BCUT2D eigenvalue weighted by Crippen LogP contribution is 2.41. The van der Waals surface area contributed by atoms with Gasteiger partial charge in [0.25, 0.3) is 0 Å². The van der Waals surface area contributed by atoms with Crippen molar-refractivity contribution in [3.8, 4) is 0 Å². The van der Waals surface area contributed by atoms with Crippen molar-refractivity contribution in [1.29, 1.82) is 0 Å². The van der Waals surface area contributed by atoms with Gasteiger partial charge in [-0.15, -0.1) is 0 Å². The maximum absolute atomic E-state index is 12.8. The summed E-state index contributed by atoms with van der Waals surface area (Å²) in [7, 11) is 0. The minimum absolute atomic E-state index is 0.0285. The number of carbonyl (C=O) groups is 1. The number of hydrogen-bond acceptors (Lipinski definition) is 3. The van der Waals surface area contributed by atoms with E-state index in [0.29, 0.717) is 0 Å². The second-order valence-corrected chi connectivity index (χ2v) is 7.97. The number of piperidine rings is 1. The molecule has 1 saturated carbocycles. The van der Waals surface area contributed by atoms with E-state index in [9.17, 15) is 4.79 Å². The van der Waals surface area contributed by atoms with Crippen LogP contribution in [0.25, 0.3) is 0 Å². The van der Waals surface area contributed by atoms with Crippen LogP contribution in [0.5, 0.6) is 0 Å². The van der Waals surface area contributed by atoms with Crippen LogP contribution in [0.3, 0.4) is 0 Å². The van der Waals surface area contributed by atoms with Crippen molar-refractivity contribution >= 4 is 6.03 Å². The van der Waals surface area contributed by atoms with Crippen LogP contribution in [0.15, 0.2) is 0 Å². The van der Waals surface area contributed by atoms with E-state index in [2.05, 4.69) is 4.90 Å². The van der Waals surface area contributed by atoms with Crippen molar-refractivity contribution in [2.45, 2.75) is 51.0 Å². The number of rotatable bonds is 4. The maximum atomic E-state index is 12.8. The molecule has 3 aliphatic heterocycles. The lowest BCUT2D eigenvalue weighted by molar-refractivity contribution is -0.147. The number of nitrogens with zero attached hydrogens (tertiary/aromatic N) is 2. The number of hydrogen-bond donors (Lipinski definition) is 0. The topological polar surface area (TPSA) is 42.0 Å². The van der Waals surface area contributed by atoms with Crippen molar-refractivity contribution in [3.63, 3.8) is 0 Å². The van der Waals surface area contributed by atoms with Gasteiger partial charge >= 0.3 is 6.03 Å². The average Bonchev–Trinajstić information content (AvgIpc) is 3.24. The van der Waals surface area contributed by atoms with E-state index in [1.807, 2.05) is 4.90 Å². The summed E-state index contributed by atoms with van der Waals surface area (Å²) >= 11 is 0. The first kappa shape index (κ1) is 15.7. The predicted octanol–water partition coefficient (Wildman–Crippen LogP) is 2.50. The fourth-order valence-electron chi connectivity index (χ4n) is 4.49. The summed E-state index contributed by atoms with van der Waals surface area (Å²) < 4.78 is 12.2. The third kappa shape index (κ3) is 3.36. The van der Waals surface area contributed by atoms with Gasteiger partial charge in [-0.3, -0.25) is 0 Å². The molecule has 0 radical (unpaired) electrons. The molecule has 3 heterocycles. The van der Waals surface area contributed by atoms with Gasteiger partial charge in [-0.25, -0.2) is 4.79 Å². The molecule has 4 rings (SSSR count). The van der Waals surface area contributed by atoms with Crippen LogP contribution < -0.4 is 0 Å². The van der Waals surface area contributed by atoms with E-state index < -0.39 is 0 Å². The Hall–Kier alpha value is -0.810. The molecular formula is C18H30N2O3. The third-order valence-corrected chi connectivity index (χ3v) is 6.08. The summed E-state index contributed by atoms with van der Waals surface area (Å²) in [6.45, 7) is 6.05. The minimum atomic E-state index is 0.0285. The third-order valence-electron chi connectivity index (χ3n) is 6.08. The first-order valence-corrected chi connectivity index (χ1v) is 9.50. The van der Waals surface area contributed by atoms with Gasteiger partial charge in [-0.2, -0.15) is 0 Å². The van der Waals surface area contributed by atoms with Gasteiger partial charge in [0.2, 0.25) is 0 Å². The fourth-order valence-corrected chi connectivity index (χ4v) is 4.49. The SMILES string of the molecule is O=C(N1CCCC1)N1CCC2OCCCC2(COCC2CC2)C1. The molecule has 2 amide bonds. The number of amides is 2. The highest BCUT2D eigenvalue weighted by Gasteiger charge is 2.48. The molecular weight excluding hydrogens is 292 g/mol. The number of likely N-dealkylation sites (tertiary alicyclic amines) is 2. The lowest BCUT2D eigenvalue weighted by Crippen LogP contribution is -2.59. The Bertz CT molecular complexity index is 434. The zero-order valence-corrected chi connectivity index (χ0v) is 14.2. The number of ether oxygens (including phenoxy) is 2. The maximum Gasteiger partial charge on any atom is 0.320 e. The molecule has 23 heavy (non-hydrogen) atoms. The van der Waals surface area contributed by atoms with Crippen LogP contribution >= 0.6 is 0 Å². The number of urea groups is 1. The molecule has 0 N–H and O–H groups in total. The summed E-state index contributed by atoms with van der Waals surface area (Å²) in [5.74, 6) is 0.792. The Balaban J connectivity index is 1.41. The molecule has 2 atom stereocenters. The molecule has 4 fully saturated rings. The van der Waals surface area contributed by atoms with E-state index in [4.69, 9.17) is 9.47 Å². The standard InChI is InChI=1S/C18H30N2O3/c21-17(19-8-1-2-9-19)20-10-6-16-18(13-20,7-3-11-23-16)14-22-12-15-4-5-15/h15-16H,1-14H2. The smallest absolute Gasteiger partial charge is 0.320 e. The molecule has 0 bridgehead atoms. The zero-order valence-electron chi connectivity index (χ0n) is 14.2. The quantitative estimate of drug-likeness (QED) is 0.798. The number of carbonyl (C=O) groups excluding carboxylic acids is 1. The monoisotopic (exact) mass is 322 g/mol. The number of fused-ring (bicyclic) bond motifs is 1. The lowest BCUT2D eigenvalue weighted by atomic mass is 9.73. The fraction of sp³-hybridized carbons (Fsp3) is 0.944. The Labute approximate surface area is 139 Å². The summed E-state index contributed by atoms with van der Waals surface area (Å²) in [5, 5.41) is 0. The van der Waals surface area contributed by atoms with Gasteiger partial charge in [0.1, 0.15) is 0 Å². The predicted molar refractivity (Wildman–Crippen MR) is 87.3 cm³/mol. The van der Waals surface area contributed by atoms with E-state index in [1.54, 1.807) is 0 Å². The molecule has 0 aromatic rings. The molecule has 0 spiro atoms. The van der Waals surface area contributed by atoms with Crippen LogP contribution in [0, 0.1) is 11.3 Å². The van der Waals surface area contributed by atoms with E-state index in [-0.39, 0.29) is 17.6 Å². The lowest BCUT2D eigenvalue weighted by Gasteiger charge is -2.50. The Morgan fingerprint density at radius 2 is 1.91 bits per heavy atom. The molecule has 130 valence electrons. The van der Waals surface area contributed by atoms with Crippen LogP contribution in [-0.2, 0) is 9.47 Å². The molecule has 0 aromatic heterocycles.